The molecule has 1 amide bonds. The molecular weight excluding hydrogens is 304 g/mol. The summed E-state index contributed by atoms with van der Waals surface area (Å²) in [5.74, 6) is -0.0735. The predicted octanol–water partition coefficient (Wildman–Crippen LogP) is 3.17. The molecule has 3 nitrogen and oxygen atoms in total. The van der Waals surface area contributed by atoms with Gasteiger partial charge in [-0.1, -0.05) is 18.0 Å². The molecule has 0 spiro atoms. The minimum atomic E-state index is -0.0717. The lowest BCUT2D eigenvalue weighted by atomic mass is 10.0. The van der Waals surface area contributed by atoms with Crippen LogP contribution in [0.5, 0.6) is 0 Å². The molecule has 17 heavy (non-hydrogen) atoms. The van der Waals surface area contributed by atoms with Gasteiger partial charge < -0.3 is 11.1 Å². The number of rotatable bonds is 2. The van der Waals surface area contributed by atoms with Crippen molar-refractivity contribution in [3.8, 4) is 0 Å². The van der Waals surface area contributed by atoms with Gasteiger partial charge in [-0.05, 0) is 47.0 Å². The third-order valence-electron chi connectivity index (χ3n) is 3.10. The Hall–Kier alpha value is -0.580. The molecule has 0 radical (unpaired) electrons. The highest BCUT2D eigenvalue weighted by Gasteiger charge is 2.30. The second-order valence-electron chi connectivity index (χ2n) is 4.31. The van der Waals surface area contributed by atoms with Gasteiger partial charge in [-0.15, -0.1) is 0 Å². The predicted molar refractivity (Wildman–Crippen MR) is 73.1 cm³/mol. The Balaban J connectivity index is 2.07. The highest BCUT2D eigenvalue weighted by atomic mass is 79.9. The monoisotopic (exact) mass is 316 g/mol. The van der Waals surface area contributed by atoms with E-state index >= 15 is 0 Å². The SMILES string of the molecule is NC1CCCC1C(=O)Nc1ccc(Cl)cc1Br. The molecule has 5 heteroatoms. The molecule has 0 heterocycles. The Morgan fingerprint density at radius 1 is 1.47 bits per heavy atom. The zero-order valence-corrected chi connectivity index (χ0v) is 11.6. The van der Waals surface area contributed by atoms with Gasteiger partial charge in [0.1, 0.15) is 0 Å². The fraction of sp³-hybridized carbons (Fsp3) is 0.417. The van der Waals surface area contributed by atoms with Crippen molar-refractivity contribution in [1.29, 1.82) is 0 Å². The molecule has 1 fully saturated rings. The standard InChI is InChI=1S/C12H14BrClN2O/c13-9-6-7(14)4-5-11(9)16-12(17)8-2-1-3-10(8)15/h4-6,8,10H,1-3,15H2,(H,16,17). The van der Waals surface area contributed by atoms with Crippen LogP contribution in [-0.4, -0.2) is 11.9 Å². The van der Waals surface area contributed by atoms with Crippen LogP contribution in [0.15, 0.2) is 22.7 Å². The number of benzene rings is 1. The van der Waals surface area contributed by atoms with Gasteiger partial charge in [-0.3, -0.25) is 4.79 Å². The van der Waals surface area contributed by atoms with Crippen LogP contribution in [0.25, 0.3) is 0 Å². The largest absolute Gasteiger partial charge is 0.327 e. The summed E-state index contributed by atoms with van der Waals surface area (Å²) in [7, 11) is 0. The van der Waals surface area contributed by atoms with Crippen LogP contribution in [0.3, 0.4) is 0 Å². The quantitative estimate of drug-likeness (QED) is 0.880. The van der Waals surface area contributed by atoms with Crippen LogP contribution in [0.2, 0.25) is 5.02 Å². The van der Waals surface area contributed by atoms with Crippen LogP contribution >= 0.6 is 27.5 Å². The Morgan fingerprint density at radius 2 is 2.24 bits per heavy atom. The minimum absolute atomic E-state index is 0.00183. The van der Waals surface area contributed by atoms with Crippen LogP contribution in [0, 0.1) is 5.92 Å². The van der Waals surface area contributed by atoms with E-state index in [1.807, 2.05) is 0 Å². The first-order valence-electron chi connectivity index (χ1n) is 5.59. The van der Waals surface area contributed by atoms with Gasteiger partial charge in [0.25, 0.3) is 0 Å². The number of amides is 1. The number of anilines is 1. The molecule has 2 atom stereocenters. The zero-order valence-electron chi connectivity index (χ0n) is 9.25. The smallest absolute Gasteiger partial charge is 0.229 e. The van der Waals surface area contributed by atoms with Gasteiger partial charge in [0.15, 0.2) is 0 Å². The summed E-state index contributed by atoms with van der Waals surface area (Å²) in [5, 5.41) is 3.52. The molecule has 0 bridgehead atoms. The molecule has 0 aliphatic heterocycles. The number of nitrogens with two attached hydrogens (primary N) is 1. The summed E-state index contributed by atoms with van der Waals surface area (Å²) in [4.78, 5) is 12.0. The molecule has 1 saturated carbocycles. The fourth-order valence-electron chi connectivity index (χ4n) is 2.13. The summed E-state index contributed by atoms with van der Waals surface area (Å²) in [6.07, 6.45) is 2.83. The Labute approximate surface area is 114 Å². The normalized spacial score (nSPS) is 23.7. The average molecular weight is 318 g/mol. The van der Waals surface area contributed by atoms with Crippen LogP contribution < -0.4 is 11.1 Å². The minimum Gasteiger partial charge on any atom is -0.327 e. The van der Waals surface area contributed by atoms with Gasteiger partial charge in [0.05, 0.1) is 11.6 Å². The first-order valence-corrected chi connectivity index (χ1v) is 6.76. The first kappa shape index (κ1) is 12.9. The summed E-state index contributed by atoms with van der Waals surface area (Å²) in [6, 6.07) is 5.27. The maximum absolute atomic E-state index is 12.0. The van der Waals surface area contributed by atoms with Crippen molar-refractivity contribution in [1.82, 2.24) is 0 Å². The lowest BCUT2D eigenvalue weighted by Gasteiger charge is -2.15. The Morgan fingerprint density at radius 3 is 2.82 bits per heavy atom. The van der Waals surface area contributed by atoms with Gasteiger partial charge in [0, 0.05) is 15.5 Å². The van der Waals surface area contributed by atoms with E-state index in [0.717, 1.165) is 29.4 Å². The molecule has 1 aromatic rings. The summed E-state index contributed by atoms with van der Waals surface area (Å²) >= 11 is 9.21. The molecule has 92 valence electrons. The second kappa shape index (κ2) is 5.38. The Bertz CT molecular complexity index is 439. The zero-order chi connectivity index (χ0) is 12.4. The molecule has 3 N–H and O–H groups in total. The average Bonchev–Trinajstić information content (AvgIpc) is 2.68. The van der Waals surface area contributed by atoms with E-state index in [1.54, 1.807) is 18.2 Å². The number of hydrogen-bond acceptors (Lipinski definition) is 2. The van der Waals surface area contributed by atoms with E-state index < -0.39 is 0 Å². The van der Waals surface area contributed by atoms with Gasteiger partial charge in [-0.2, -0.15) is 0 Å². The summed E-state index contributed by atoms with van der Waals surface area (Å²) in [5.41, 5.74) is 6.64. The van der Waals surface area contributed by atoms with Crippen molar-refractivity contribution in [3.05, 3.63) is 27.7 Å². The maximum atomic E-state index is 12.0. The molecule has 1 aromatic carbocycles. The molecule has 0 aromatic heterocycles. The van der Waals surface area contributed by atoms with Crippen molar-refractivity contribution >= 4 is 39.1 Å². The topological polar surface area (TPSA) is 55.1 Å². The highest BCUT2D eigenvalue weighted by Crippen LogP contribution is 2.29. The van der Waals surface area contributed by atoms with Gasteiger partial charge in [-0.25, -0.2) is 0 Å². The highest BCUT2D eigenvalue weighted by molar-refractivity contribution is 9.10. The summed E-state index contributed by atoms with van der Waals surface area (Å²) in [6.45, 7) is 0. The lowest BCUT2D eigenvalue weighted by Crippen LogP contribution is -2.34. The number of carbonyl (C=O) groups excluding carboxylic acids is 1. The number of carbonyl (C=O) groups is 1. The maximum Gasteiger partial charge on any atom is 0.229 e. The number of nitrogens with one attached hydrogen (secondary N) is 1. The molecule has 1 aliphatic carbocycles. The fourth-order valence-corrected chi connectivity index (χ4v) is 2.91. The lowest BCUT2D eigenvalue weighted by molar-refractivity contribution is -0.120. The molecule has 2 unspecified atom stereocenters. The summed E-state index contributed by atoms with van der Waals surface area (Å²) < 4.78 is 0.782. The third kappa shape index (κ3) is 3.00. The van der Waals surface area contributed by atoms with Crippen molar-refractivity contribution in [3.63, 3.8) is 0 Å². The van der Waals surface area contributed by atoms with Gasteiger partial charge in [0.2, 0.25) is 5.91 Å². The van der Waals surface area contributed by atoms with Crippen LogP contribution in [-0.2, 0) is 4.79 Å². The van der Waals surface area contributed by atoms with Crippen molar-refractivity contribution in [2.45, 2.75) is 25.3 Å². The second-order valence-corrected chi connectivity index (χ2v) is 5.61. The van der Waals surface area contributed by atoms with E-state index in [-0.39, 0.29) is 17.9 Å². The van der Waals surface area contributed by atoms with Crippen molar-refractivity contribution in [2.75, 3.05) is 5.32 Å². The van der Waals surface area contributed by atoms with Crippen molar-refractivity contribution < 1.29 is 4.79 Å². The number of halogens is 2. The van der Waals surface area contributed by atoms with Crippen LogP contribution in [0.4, 0.5) is 5.69 Å². The number of hydrogen-bond donors (Lipinski definition) is 2. The molecule has 1 aliphatic rings. The van der Waals surface area contributed by atoms with Crippen LogP contribution in [0.1, 0.15) is 19.3 Å². The Kier molecular flexibility index (Phi) is 4.07. The van der Waals surface area contributed by atoms with E-state index in [1.165, 1.54) is 0 Å². The van der Waals surface area contributed by atoms with Gasteiger partial charge >= 0.3 is 0 Å². The molecule has 2 rings (SSSR count). The molecule has 0 saturated heterocycles. The molecular formula is C12H14BrClN2O. The first-order chi connectivity index (χ1) is 8.08. The van der Waals surface area contributed by atoms with E-state index in [4.69, 9.17) is 17.3 Å². The van der Waals surface area contributed by atoms with E-state index in [2.05, 4.69) is 21.2 Å². The van der Waals surface area contributed by atoms with E-state index in [0.29, 0.717) is 5.02 Å². The third-order valence-corrected chi connectivity index (χ3v) is 3.99. The van der Waals surface area contributed by atoms with E-state index in [9.17, 15) is 4.79 Å². The van der Waals surface area contributed by atoms with Crippen molar-refractivity contribution in [2.24, 2.45) is 11.7 Å².